The predicted molar refractivity (Wildman–Crippen MR) is 135 cm³/mol. The summed E-state index contributed by atoms with van der Waals surface area (Å²) < 4.78 is 19.5. The number of nitrogens with zero attached hydrogens (tertiary/aromatic N) is 4. The van der Waals surface area contributed by atoms with Crippen molar-refractivity contribution in [1.82, 2.24) is 24.9 Å². The normalized spacial score (nSPS) is 20.6. The van der Waals surface area contributed by atoms with E-state index in [-0.39, 0.29) is 30.5 Å². The van der Waals surface area contributed by atoms with Gasteiger partial charge in [0.15, 0.2) is 11.5 Å². The van der Waals surface area contributed by atoms with Crippen molar-refractivity contribution < 1.29 is 23.8 Å². The number of amides is 2. The Labute approximate surface area is 215 Å². The number of aryl methyl sites for hydroxylation is 1. The van der Waals surface area contributed by atoms with Crippen LogP contribution in [0.1, 0.15) is 21.6 Å². The third kappa shape index (κ3) is 5.76. The Balaban J connectivity index is 1.40. The number of carbonyl (C=O) groups excluding carboxylic acids is 2. The van der Waals surface area contributed by atoms with Crippen LogP contribution in [-0.2, 0) is 29.7 Å². The number of ether oxygens (including phenoxy) is 3. The molecule has 0 radical (unpaired) electrons. The number of aromatic nitrogens is 2. The van der Waals surface area contributed by atoms with Crippen LogP contribution in [0, 0.1) is 0 Å². The molecule has 0 unspecified atom stereocenters. The molecule has 0 aliphatic carbocycles. The Kier molecular flexibility index (Phi) is 7.11. The third-order valence-corrected chi connectivity index (χ3v) is 6.52. The van der Waals surface area contributed by atoms with Crippen LogP contribution in [0.5, 0.6) is 17.2 Å². The van der Waals surface area contributed by atoms with E-state index in [9.17, 15) is 9.59 Å². The quantitative estimate of drug-likeness (QED) is 0.570. The van der Waals surface area contributed by atoms with Gasteiger partial charge in [-0.25, -0.2) is 0 Å². The number of carbonyl (C=O) groups is 2. The van der Waals surface area contributed by atoms with E-state index in [1.165, 1.54) is 0 Å². The number of methoxy groups -OCH3 is 1. The molecule has 1 fully saturated rings. The molecule has 2 amide bonds. The van der Waals surface area contributed by atoms with E-state index in [4.69, 9.17) is 14.2 Å². The highest BCUT2D eigenvalue weighted by Crippen LogP contribution is 2.33. The molecular weight excluding hydrogens is 474 g/mol. The third-order valence-electron chi connectivity index (χ3n) is 6.52. The highest BCUT2D eigenvalue weighted by molar-refractivity contribution is 5.92. The van der Waals surface area contributed by atoms with Crippen LogP contribution in [0.15, 0.2) is 54.7 Å². The van der Waals surface area contributed by atoms with Crippen molar-refractivity contribution in [2.24, 2.45) is 7.05 Å². The summed E-state index contributed by atoms with van der Waals surface area (Å²) in [7, 11) is 5.26. The van der Waals surface area contributed by atoms with Gasteiger partial charge in [-0.2, -0.15) is 5.10 Å². The average molecular weight is 506 g/mol. The Hall–Kier alpha value is -3.89. The molecule has 1 N–H and O–H groups in total. The first-order chi connectivity index (χ1) is 17.9. The number of rotatable bonds is 2. The monoisotopic (exact) mass is 505 g/mol. The zero-order chi connectivity index (χ0) is 25.9. The van der Waals surface area contributed by atoms with E-state index in [0.29, 0.717) is 49.2 Å². The fourth-order valence-corrected chi connectivity index (χ4v) is 4.73. The first-order valence-corrected chi connectivity index (χ1v) is 12.2. The molecule has 4 bridgehead atoms. The van der Waals surface area contributed by atoms with E-state index >= 15 is 0 Å². The van der Waals surface area contributed by atoms with Crippen LogP contribution in [0.25, 0.3) is 0 Å². The fourth-order valence-electron chi connectivity index (χ4n) is 4.73. The molecule has 3 heterocycles. The van der Waals surface area contributed by atoms with Crippen molar-refractivity contribution in [2.45, 2.75) is 25.3 Å². The van der Waals surface area contributed by atoms with Crippen molar-refractivity contribution in [3.8, 4) is 17.2 Å². The molecule has 37 heavy (non-hydrogen) atoms. The van der Waals surface area contributed by atoms with Gasteiger partial charge < -0.3 is 24.4 Å². The molecule has 194 valence electrons. The molecule has 2 aliphatic rings. The Morgan fingerprint density at radius 2 is 1.95 bits per heavy atom. The van der Waals surface area contributed by atoms with Crippen LogP contribution in [-0.4, -0.2) is 77.3 Å². The molecule has 10 nitrogen and oxygen atoms in total. The summed E-state index contributed by atoms with van der Waals surface area (Å²) in [5.41, 5.74) is 2.27. The molecule has 2 aromatic carbocycles. The van der Waals surface area contributed by atoms with Gasteiger partial charge in [0, 0.05) is 32.9 Å². The summed E-state index contributed by atoms with van der Waals surface area (Å²) >= 11 is 0. The minimum atomic E-state index is -0.368. The lowest BCUT2D eigenvalue weighted by Crippen LogP contribution is -2.47. The Bertz CT molecular complexity index is 1290. The first kappa shape index (κ1) is 24.8. The molecular formula is C27H31N5O5. The van der Waals surface area contributed by atoms with Crippen LogP contribution >= 0.6 is 0 Å². The maximum absolute atomic E-state index is 13.1. The maximum atomic E-state index is 13.1. The van der Waals surface area contributed by atoms with Crippen molar-refractivity contribution in [2.75, 3.05) is 33.8 Å². The maximum Gasteiger partial charge on any atom is 0.274 e. The van der Waals surface area contributed by atoms with Crippen LogP contribution in [0.2, 0.25) is 0 Å². The van der Waals surface area contributed by atoms with Crippen LogP contribution < -0.4 is 14.8 Å². The number of nitrogens with one attached hydrogen (secondary N) is 1. The lowest BCUT2D eigenvalue weighted by Gasteiger charge is -2.23. The van der Waals surface area contributed by atoms with Crippen molar-refractivity contribution in [1.29, 1.82) is 0 Å². The number of hydrogen-bond acceptors (Lipinski definition) is 7. The van der Waals surface area contributed by atoms with Gasteiger partial charge in [-0.3, -0.25) is 19.2 Å². The lowest BCUT2D eigenvalue weighted by molar-refractivity contribution is -0.123. The highest BCUT2D eigenvalue weighted by atomic mass is 16.5. The molecule has 1 saturated heterocycles. The van der Waals surface area contributed by atoms with Crippen molar-refractivity contribution in [3.05, 3.63) is 71.5 Å². The summed E-state index contributed by atoms with van der Waals surface area (Å²) in [6, 6.07) is 14.8. The molecule has 2 aliphatic heterocycles. The largest absolute Gasteiger partial charge is 0.493 e. The standard InChI is InChI=1S/C27H31N5O5/c1-30-13-18-7-8-23(35-3)24(12-18)37-20-6-4-5-19(11-20)17-36-25-15-32(14-22(25)28-26(33)16-30)27(34)21-9-10-31(2)29-21/h4-12,22,25H,13-17H2,1-3H3,(H,28,33)/t22-,25-/m0/s1. The SMILES string of the molecule is COc1ccc2cc1Oc1cccc(c1)CO[C@H]1CN(C(=O)c3ccn(C)n3)C[C@@H]1NC(=O)CN(C)C2. The first-order valence-electron chi connectivity index (χ1n) is 12.2. The average Bonchev–Trinajstić information content (AvgIpc) is 3.48. The smallest absolute Gasteiger partial charge is 0.274 e. The number of hydrogen-bond donors (Lipinski definition) is 1. The second kappa shape index (κ2) is 10.6. The van der Waals surface area contributed by atoms with Gasteiger partial charge in [-0.15, -0.1) is 0 Å². The molecule has 0 saturated carbocycles. The van der Waals surface area contributed by atoms with Gasteiger partial charge in [0.2, 0.25) is 5.91 Å². The van der Waals surface area contributed by atoms with Gasteiger partial charge in [-0.1, -0.05) is 18.2 Å². The highest BCUT2D eigenvalue weighted by Gasteiger charge is 2.38. The van der Waals surface area contributed by atoms with Gasteiger partial charge >= 0.3 is 0 Å². The number of likely N-dealkylation sites (tertiary alicyclic amines) is 1. The lowest BCUT2D eigenvalue weighted by atomic mass is 10.1. The van der Waals surface area contributed by atoms with E-state index in [1.807, 2.05) is 54.4 Å². The topological polar surface area (TPSA) is 98.2 Å². The zero-order valence-corrected chi connectivity index (χ0v) is 21.2. The van der Waals surface area contributed by atoms with E-state index in [2.05, 4.69) is 10.4 Å². The molecule has 10 heteroatoms. The van der Waals surface area contributed by atoms with Crippen LogP contribution in [0.3, 0.4) is 0 Å². The summed E-state index contributed by atoms with van der Waals surface area (Å²) in [5.74, 6) is 1.58. The van der Waals surface area contributed by atoms with Gasteiger partial charge in [0.1, 0.15) is 11.4 Å². The Morgan fingerprint density at radius 3 is 2.73 bits per heavy atom. The number of benzene rings is 2. The minimum Gasteiger partial charge on any atom is -0.493 e. The van der Waals surface area contributed by atoms with Crippen molar-refractivity contribution >= 4 is 11.8 Å². The van der Waals surface area contributed by atoms with E-state index in [0.717, 1.165) is 11.1 Å². The molecule has 2 atom stereocenters. The summed E-state index contributed by atoms with van der Waals surface area (Å²) in [4.78, 5) is 29.6. The predicted octanol–water partition coefficient (Wildman–Crippen LogP) is 2.19. The molecule has 5 rings (SSSR count). The number of likely N-dealkylation sites (N-methyl/N-ethyl adjacent to an activating group) is 1. The van der Waals surface area contributed by atoms with Gasteiger partial charge in [0.05, 0.1) is 32.4 Å². The van der Waals surface area contributed by atoms with Gasteiger partial charge in [-0.05, 0) is 48.5 Å². The Morgan fingerprint density at radius 1 is 1.08 bits per heavy atom. The summed E-state index contributed by atoms with van der Waals surface area (Å²) in [5, 5.41) is 7.33. The molecule has 3 aromatic rings. The zero-order valence-electron chi connectivity index (χ0n) is 21.2. The minimum absolute atomic E-state index is 0.132. The van der Waals surface area contributed by atoms with E-state index in [1.54, 1.807) is 36.0 Å². The second-order valence-electron chi connectivity index (χ2n) is 9.52. The second-order valence-corrected chi connectivity index (χ2v) is 9.52. The van der Waals surface area contributed by atoms with Crippen LogP contribution in [0.4, 0.5) is 0 Å². The number of fused-ring (bicyclic) bond motifs is 5. The molecule has 1 aromatic heterocycles. The molecule has 0 spiro atoms. The van der Waals surface area contributed by atoms with Crippen molar-refractivity contribution in [3.63, 3.8) is 0 Å². The summed E-state index contributed by atoms with van der Waals surface area (Å²) in [6.07, 6.45) is 1.37. The summed E-state index contributed by atoms with van der Waals surface area (Å²) in [6.45, 7) is 1.74. The van der Waals surface area contributed by atoms with Gasteiger partial charge in [0.25, 0.3) is 5.91 Å². The van der Waals surface area contributed by atoms with E-state index < -0.39 is 0 Å². The fraction of sp³-hybridized carbons (Fsp3) is 0.370.